The summed E-state index contributed by atoms with van der Waals surface area (Å²) in [6.07, 6.45) is 2.48. The average Bonchev–Trinajstić information content (AvgIpc) is 3.11. The van der Waals surface area contributed by atoms with Crippen LogP contribution in [0.5, 0.6) is 5.75 Å². The van der Waals surface area contributed by atoms with Gasteiger partial charge in [0.1, 0.15) is 23.2 Å². The Morgan fingerprint density at radius 3 is 3.04 bits per heavy atom. The van der Waals surface area contributed by atoms with Crippen LogP contribution in [0.4, 0.5) is 10.2 Å². The van der Waals surface area contributed by atoms with E-state index in [1.807, 2.05) is 7.05 Å². The zero-order valence-electron chi connectivity index (χ0n) is 14.9. The lowest BCUT2D eigenvalue weighted by Crippen LogP contribution is -2.38. The van der Waals surface area contributed by atoms with Crippen LogP contribution >= 0.6 is 11.6 Å². The van der Waals surface area contributed by atoms with E-state index >= 15 is 0 Å². The standard InChI is InChI=1S/C18H21ClFN5O2/c1-24(10-17-22-6-4-16(21)23-17)13-5-7-25(9-13)18(26)11-27-15-3-2-12(20)8-14(15)19/h2-4,6,8,13H,5,7,9-11H2,1H3,(H2,21,22,23). The van der Waals surface area contributed by atoms with Crippen molar-refractivity contribution in [1.29, 1.82) is 0 Å². The molecule has 27 heavy (non-hydrogen) atoms. The molecule has 7 nitrogen and oxygen atoms in total. The Bertz CT molecular complexity index is 822. The number of nitrogens with zero attached hydrogens (tertiary/aromatic N) is 4. The maximum Gasteiger partial charge on any atom is 0.260 e. The average molecular weight is 394 g/mol. The van der Waals surface area contributed by atoms with Crippen LogP contribution in [0.1, 0.15) is 12.2 Å². The maximum absolute atomic E-state index is 13.1. The number of rotatable bonds is 6. The second-order valence-corrected chi connectivity index (χ2v) is 6.87. The van der Waals surface area contributed by atoms with Gasteiger partial charge in [0.2, 0.25) is 0 Å². The molecule has 1 aliphatic rings. The number of halogens is 2. The normalized spacial score (nSPS) is 16.7. The number of hydrogen-bond donors (Lipinski definition) is 1. The molecule has 1 aromatic carbocycles. The minimum atomic E-state index is -0.451. The van der Waals surface area contributed by atoms with Gasteiger partial charge in [-0.15, -0.1) is 0 Å². The highest BCUT2D eigenvalue weighted by molar-refractivity contribution is 6.32. The van der Waals surface area contributed by atoms with E-state index < -0.39 is 5.82 Å². The number of benzene rings is 1. The van der Waals surface area contributed by atoms with Crippen LogP contribution in [0.2, 0.25) is 5.02 Å². The van der Waals surface area contributed by atoms with Gasteiger partial charge in [-0.05, 0) is 37.7 Å². The van der Waals surface area contributed by atoms with Crippen LogP contribution in [0.25, 0.3) is 0 Å². The quantitative estimate of drug-likeness (QED) is 0.807. The summed E-state index contributed by atoms with van der Waals surface area (Å²) in [6.45, 7) is 1.66. The van der Waals surface area contributed by atoms with Gasteiger partial charge in [0, 0.05) is 25.3 Å². The van der Waals surface area contributed by atoms with Gasteiger partial charge in [0.25, 0.3) is 5.91 Å². The minimum absolute atomic E-state index is 0.133. The second kappa shape index (κ2) is 8.49. The molecule has 9 heteroatoms. The van der Waals surface area contributed by atoms with Gasteiger partial charge in [0.15, 0.2) is 6.61 Å². The third kappa shape index (κ3) is 5.05. The van der Waals surface area contributed by atoms with Gasteiger partial charge in [-0.3, -0.25) is 9.69 Å². The van der Waals surface area contributed by atoms with E-state index in [1.165, 1.54) is 12.1 Å². The van der Waals surface area contributed by atoms with E-state index in [4.69, 9.17) is 22.1 Å². The molecule has 1 aromatic heterocycles. The van der Waals surface area contributed by atoms with Gasteiger partial charge in [-0.1, -0.05) is 11.6 Å². The Morgan fingerprint density at radius 2 is 2.30 bits per heavy atom. The Morgan fingerprint density at radius 1 is 1.48 bits per heavy atom. The van der Waals surface area contributed by atoms with Crippen molar-refractivity contribution < 1.29 is 13.9 Å². The van der Waals surface area contributed by atoms with Crippen LogP contribution in [0.3, 0.4) is 0 Å². The summed E-state index contributed by atoms with van der Waals surface area (Å²) in [4.78, 5) is 24.7. The van der Waals surface area contributed by atoms with Crippen LogP contribution in [0, 0.1) is 5.82 Å². The van der Waals surface area contributed by atoms with Gasteiger partial charge < -0.3 is 15.4 Å². The lowest BCUT2D eigenvalue weighted by atomic mass is 10.2. The predicted octanol–water partition coefficient (Wildman–Crippen LogP) is 1.96. The van der Waals surface area contributed by atoms with Crippen molar-refractivity contribution in [2.75, 3.05) is 32.5 Å². The van der Waals surface area contributed by atoms with Crippen molar-refractivity contribution in [3.8, 4) is 5.75 Å². The summed E-state index contributed by atoms with van der Waals surface area (Å²) in [5, 5.41) is 0.143. The SMILES string of the molecule is CN(Cc1nccc(N)n1)C1CCN(C(=O)COc2ccc(F)cc2Cl)C1. The summed E-state index contributed by atoms with van der Waals surface area (Å²) in [5.41, 5.74) is 5.68. The number of likely N-dealkylation sites (N-methyl/N-ethyl adjacent to an activating group) is 1. The van der Waals surface area contributed by atoms with Crippen molar-refractivity contribution >= 4 is 23.3 Å². The number of amides is 1. The third-order valence-electron chi connectivity index (χ3n) is 4.50. The molecule has 2 aromatic rings. The van der Waals surface area contributed by atoms with Crippen molar-refractivity contribution in [3.05, 3.63) is 47.1 Å². The second-order valence-electron chi connectivity index (χ2n) is 6.46. The zero-order valence-corrected chi connectivity index (χ0v) is 15.7. The first-order chi connectivity index (χ1) is 12.9. The van der Waals surface area contributed by atoms with E-state index in [1.54, 1.807) is 17.2 Å². The molecule has 1 aliphatic heterocycles. The summed E-state index contributed by atoms with van der Waals surface area (Å²) in [5.74, 6) is 0.794. The lowest BCUT2D eigenvalue weighted by Gasteiger charge is -2.24. The highest BCUT2D eigenvalue weighted by atomic mass is 35.5. The third-order valence-corrected chi connectivity index (χ3v) is 4.80. The number of nitrogen functional groups attached to an aromatic ring is 1. The van der Waals surface area contributed by atoms with Crippen LogP contribution in [-0.2, 0) is 11.3 Å². The molecule has 1 fully saturated rings. The predicted molar refractivity (Wildman–Crippen MR) is 99.8 cm³/mol. The summed E-state index contributed by atoms with van der Waals surface area (Å²) < 4.78 is 18.5. The van der Waals surface area contributed by atoms with Gasteiger partial charge in [0.05, 0.1) is 11.6 Å². The molecule has 0 radical (unpaired) electrons. The molecular formula is C18H21ClFN5O2. The largest absolute Gasteiger partial charge is 0.482 e. The Hall–Kier alpha value is -2.45. The molecule has 1 amide bonds. The Labute approximate surface area is 161 Å². The minimum Gasteiger partial charge on any atom is -0.482 e. The Balaban J connectivity index is 1.50. The summed E-state index contributed by atoms with van der Waals surface area (Å²) in [7, 11) is 1.97. The van der Waals surface area contributed by atoms with Gasteiger partial charge >= 0.3 is 0 Å². The highest BCUT2D eigenvalue weighted by Crippen LogP contribution is 2.25. The van der Waals surface area contributed by atoms with Gasteiger partial charge in [-0.2, -0.15) is 0 Å². The number of ether oxygens (including phenoxy) is 1. The van der Waals surface area contributed by atoms with Crippen molar-refractivity contribution in [2.45, 2.75) is 19.0 Å². The number of hydrogen-bond acceptors (Lipinski definition) is 6. The molecule has 1 atom stereocenters. The molecule has 1 saturated heterocycles. The van der Waals surface area contributed by atoms with E-state index in [-0.39, 0.29) is 29.3 Å². The first-order valence-corrected chi connectivity index (χ1v) is 8.93. The molecule has 144 valence electrons. The fraction of sp³-hybridized carbons (Fsp3) is 0.389. The number of anilines is 1. The number of aromatic nitrogens is 2. The Kier molecular flexibility index (Phi) is 6.08. The number of carbonyl (C=O) groups is 1. The van der Waals surface area contributed by atoms with Crippen molar-refractivity contribution in [1.82, 2.24) is 19.8 Å². The smallest absolute Gasteiger partial charge is 0.260 e. The van der Waals surface area contributed by atoms with Crippen molar-refractivity contribution in [3.63, 3.8) is 0 Å². The molecule has 0 aliphatic carbocycles. The van der Waals surface area contributed by atoms with Crippen LogP contribution in [-0.4, -0.2) is 58.5 Å². The molecule has 1 unspecified atom stereocenters. The van der Waals surface area contributed by atoms with Crippen molar-refractivity contribution in [2.24, 2.45) is 0 Å². The monoisotopic (exact) mass is 393 g/mol. The molecule has 0 saturated carbocycles. The lowest BCUT2D eigenvalue weighted by molar-refractivity contribution is -0.132. The van der Waals surface area contributed by atoms with E-state index in [0.29, 0.717) is 31.3 Å². The van der Waals surface area contributed by atoms with Crippen LogP contribution < -0.4 is 10.5 Å². The molecule has 2 N–H and O–H groups in total. The molecule has 0 bridgehead atoms. The fourth-order valence-corrected chi connectivity index (χ4v) is 3.22. The zero-order chi connectivity index (χ0) is 19.4. The highest BCUT2D eigenvalue weighted by Gasteiger charge is 2.29. The molecule has 3 rings (SSSR count). The van der Waals surface area contributed by atoms with Gasteiger partial charge in [-0.25, -0.2) is 14.4 Å². The molecular weight excluding hydrogens is 373 g/mol. The number of carbonyl (C=O) groups excluding carboxylic acids is 1. The van der Waals surface area contributed by atoms with E-state index in [2.05, 4.69) is 14.9 Å². The van der Waals surface area contributed by atoms with E-state index in [0.717, 1.165) is 12.5 Å². The number of nitrogens with two attached hydrogens (primary N) is 1. The topological polar surface area (TPSA) is 84.6 Å². The van der Waals surface area contributed by atoms with Crippen LogP contribution in [0.15, 0.2) is 30.5 Å². The fourth-order valence-electron chi connectivity index (χ4n) is 2.99. The maximum atomic E-state index is 13.1. The first-order valence-electron chi connectivity index (χ1n) is 8.55. The molecule has 2 heterocycles. The summed E-state index contributed by atoms with van der Waals surface area (Å²) in [6, 6.07) is 5.66. The first kappa shape index (κ1) is 19.3. The van der Waals surface area contributed by atoms with E-state index in [9.17, 15) is 9.18 Å². The number of likely N-dealkylation sites (tertiary alicyclic amines) is 1. The molecule has 0 spiro atoms. The summed E-state index contributed by atoms with van der Waals surface area (Å²) >= 11 is 5.91.